The molecule has 0 aromatic heterocycles. The van der Waals surface area contributed by atoms with Crippen molar-refractivity contribution in [3.05, 3.63) is 0 Å². The molecular weight excluding hydrogens is 205 g/mol. The number of nitrogens with two attached hydrogens (primary N) is 1. The lowest BCUT2D eigenvalue weighted by molar-refractivity contribution is -0.135. The smallest absolute Gasteiger partial charge is 0.326 e. The lowest BCUT2D eigenvalue weighted by Gasteiger charge is -2.18. The summed E-state index contributed by atoms with van der Waals surface area (Å²) in [6.07, 6.45) is -3.12. The van der Waals surface area contributed by atoms with E-state index in [9.17, 15) is 13.2 Å². The molecule has 3 N–H and O–H groups in total. The van der Waals surface area contributed by atoms with Gasteiger partial charge >= 0.3 is 6.18 Å². The predicted octanol–water partition coefficient (Wildman–Crippen LogP) is 2.44. The van der Waals surface area contributed by atoms with Crippen LogP contribution in [0.4, 0.5) is 13.2 Å². The van der Waals surface area contributed by atoms with Crippen LogP contribution in [0.1, 0.15) is 39.5 Å². The van der Waals surface area contributed by atoms with E-state index >= 15 is 0 Å². The summed E-state index contributed by atoms with van der Waals surface area (Å²) in [6.45, 7) is 5.25. The maximum Gasteiger partial charge on any atom is 0.389 e. The third kappa shape index (κ3) is 13.7. The van der Waals surface area contributed by atoms with Crippen molar-refractivity contribution in [1.29, 1.82) is 0 Å². The Kier molecular flexibility index (Phi) is 6.20. The Morgan fingerprint density at radius 3 is 2.07 bits per heavy atom. The van der Waals surface area contributed by atoms with Crippen molar-refractivity contribution in [3.63, 3.8) is 0 Å². The van der Waals surface area contributed by atoms with Gasteiger partial charge < -0.3 is 11.1 Å². The van der Waals surface area contributed by atoms with Crippen LogP contribution in [0.15, 0.2) is 0 Å². The summed E-state index contributed by atoms with van der Waals surface area (Å²) in [5.41, 5.74) is 5.54. The molecule has 0 heterocycles. The number of nitrogens with one attached hydrogen (secondary N) is 1. The van der Waals surface area contributed by atoms with E-state index in [-0.39, 0.29) is 12.0 Å². The highest BCUT2D eigenvalue weighted by atomic mass is 19.4. The van der Waals surface area contributed by atoms with Gasteiger partial charge in [-0.15, -0.1) is 0 Å². The second-order valence-electron chi connectivity index (χ2n) is 4.56. The zero-order valence-corrected chi connectivity index (χ0v) is 9.45. The molecule has 0 aromatic rings. The molecule has 0 saturated heterocycles. The molecule has 0 rings (SSSR count). The van der Waals surface area contributed by atoms with Crippen molar-refractivity contribution in [2.75, 3.05) is 13.1 Å². The number of halogens is 3. The molecule has 0 aliphatic rings. The van der Waals surface area contributed by atoms with Gasteiger partial charge in [0.15, 0.2) is 0 Å². The fourth-order valence-electron chi connectivity index (χ4n) is 1.11. The number of rotatable bonds is 7. The predicted molar refractivity (Wildman–Crippen MR) is 55.7 cm³/mol. The molecule has 0 aromatic carbocycles. The summed E-state index contributed by atoms with van der Waals surface area (Å²) in [4.78, 5) is 0. The van der Waals surface area contributed by atoms with Gasteiger partial charge in [0, 0.05) is 12.0 Å². The van der Waals surface area contributed by atoms with Crippen LogP contribution < -0.4 is 11.1 Å². The quantitative estimate of drug-likeness (QED) is 0.654. The van der Waals surface area contributed by atoms with Gasteiger partial charge in [0.2, 0.25) is 0 Å². The van der Waals surface area contributed by atoms with Crippen LogP contribution in [-0.4, -0.2) is 24.8 Å². The molecule has 0 aliphatic carbocycles. The van der Waals surface area contributed by atoms with Crippen molar-refractivity contribution in [2.45, 2.75) is 51.2 Å². The molecule has 5 heteroatoms. The average Bonchev–Trinajstić information content (AvgIpc) is 1.98. The first-order valence-corrected chi connectivity index (χ1v) is 5.27. The molecule has 0 saturated carbocycles. The molecule has 0 bridgehead atoms. The Bertz CT molecular complexity index is 143. The standard InChI is InChI=1S/C10H21F3N2/c1-9(2,14)6-8-15-7-4-3-5-10(11,12)13/h15H,3-8,14H2,1-2H3. The Balaban J connectivity index is 3.20. The van der Waals surface area contributed by atoms with Crippen LogP contribution >= 0.6 is 0 Å². The van der Waals surface area contributed by atoms with Gasteiger partial charge in [0.05, 0.1) is 0 Å². The largest absolute Gasteiger partial charge is 0.389 e. The Hall–Kier alpha value is -0.290. The minimum absolute atomic E-state index is 0.197. The normalized spacial score (nSPS) is 13.2. The van der Waals surface area contributed by atoms with E-state index in [2.05, 4.69) is 5.32 Å². The summed E-state index contributed by atoms with van der Waals surface area (Å²) in [5.74, 6) is 0. The van der Waals surface area contributed by atoms with Gasteiger partial charge in [0.25, 0.3) is 0 Å². The van der Waals surface area contributed by atoms with Gasteiger partial charge in [-0.3, -0.25) is 0 Å². The fraction of sp³-hybridized carbons (Fsp3) is 1.00. The van der Waals surface area contributed by atoms with Gasteiger partial charge in [-0.2, -0.15) is 13.2 Å². The highest BCUT2D eigenvalue weighted by molar-refractivity contribution is 4.72. The zero-order valence-electron chi connectivity index (χ0n) is 9.45. The second-order valence-corrected chi connectivity index (χ2v) is 4.56. The molecular formula is C10H21F3N2. The second kappa shape index (κ2) is 6.33. The molecule has 0 fully saturated rings. The van der Waals surface area contributed by atoms with Crippen molar-refractivity contribution >= 4 is 0 Å². The van der Waals surface area contributed by atoms with Crippen molar-refractivity contribution in [1.82, 2.24) is 5.32 Å². The van der Waals surface area contributed by atoms with Crippen LogP contribution in [0.2, 0.25) is 0 Å². The van der Waals surface area contributed by atoms with E-state index in [1.807, 2.05) is 13.8 Å². The molecule has 92 valence electrons. The molecule has 15 heavy (non-hydrogen) atoms. The third-order valence-electron chi connectivity index (χ3n) is 2.01. The van der Waals surface area contributed by atoms with Gasteiger partial charge in [0.1, 0.15) is 0 Å². The van der Waals surface area contributed by atoms with Crippen molar-refractivity contribution < 1.29 is 13.2 Å². The van der Waals surface area contributed by atoms with E-state index in [1.165, 1.54) is 0 Å². The molecule has 0 unspecified atom stereocenters. The topological polar surface area (TPSA) is 38.0 Å². The Labute approximate surface area is 89.4 Å². The summed E-state index contributed by atoms with van der Waals surface area (Å²) < 4.78 is 35.3. The minimum atomic E-state index is -4.01. The highest BCUT2D eigenvalue weighted by Crippen LogP contribution is 2.21. The van der Waals surface area contributed by atoms with Crippen LogP contribution in [0.3, 0.4) is 0 Å². The molecule has 2 nitrogen and oxygen atoms in total. The minimum Gasteiger partial charge on any atom is -0.326 e. The zero-order chi connectivity index (χ0) is 11.9. The SMILES string of the molecule is CC(C)(N)CCNCCCCC(F)(F)F. The third-order valence-corrected chi connectivity index (χ3v) is 2.01. The molecule has 0 spiro atoms. The van der Waals surface area contributed by atoms with Crippen LogP contribution in [0.5, 0.6) is 0 Å². The molecule has 0 amide bonds. The van der Waals surface area contributed by atoms with Gasteiger partial charge in [-0.25, -0.2) is 0 Å². The first-order chi connectivity index (χ1) is 6.71. The Morgan fingerprint density at radius 1 is 1.00 bits per heavy atom. The summed E-state index contributed by atoms with van der Waals surface area (Å²) >= 11 is 0. The first kappa shape index (κ1) is 14.7. The van der Waals surface area contributed by atoms with E-state index in [1.54, 1.807) is 0 Å². The van der Waals surface area contributed by atoms with Crippen LogP contribution in [0, 0.1) is 0 Å². The number of hydrogen-bond donors (Lipinski definition) is 2. The van der Waals surface area contributed by atoms with E-state index < -0.39 is 12.6 Å². The maximum atomic E-state index is 11.8. The first-order valence-electron chi connectivity index (χ1n) is 5.27. The van der Waals surface area contributed by atoms with Crippen molar-refractivity contribution in [2.24, 2.45) is 5.73 Å². The number of unbranched alkanes of at least 4 members (excludes halogenated alkanes) is 1. The Morgan fingerprint density at radius 2 is 1.60 bits per heavy atom. The lowest BCUT2D eigenvalue weighted by atomic mass is 10.0. The average molecular weight is 226 g/mol. The summed E-state index contributed by atoms with van der Waals surface area (Å²) in [5, 5.41) is 3.08. The molecule has 0 aliphatic heterocycles. The number of hydrogen-bond acceptors (Lipinski definition) is 2. The fourth-order valence-corrected chi connectivity index (χ4v) is 1.11. The van der Waals surface area contributed by atoms with Gasteiger partial charge in [-0.1, -0.05) is 0 Å². The van der Waals surface area contributed by atoms with E-state index in [0.29, 0.717) is 13.0 Å². The highest BCUT2D eigenvalue weighted by Gasteiger charge is 2.25. The monoisotopic (exact) mass is 226 g/mol. The molecule has 0 radical (unpaired) electrons. The van der Waals surface area contributed by atoms with Crippen molar-refractivity contribution in [3.8, 4) is 0 Å². The van der Waals surface area contributed by atoms with Crippen LogP contribution in [0.25, 0.3) is 0 Å². The maximum absolute atomic E-state index is 11.8. The lowest BCUT2D eigenvalue weighted by Crippen LogP contribution is -2.35. The summed E-state index contributed by atoms with van der Waals surface area (Å²) in [6, 6.07) is 0. The van der Waals surface area contributed by atoms with E-state index in [0.717, 1.165) is 13.0 Å². The van der Waals surface area contributed by atoms with Crippen LogP contribution in [-0.2, 0) is 0 Å². The van der Waals surface area contributed by atoms with E-state index in [4.69, 9.17) is 5.73 Å². The molecule has 0 atom stereocenters. The van der Waals surface area contributed by atoms with Gasteiger partial charge in [-0.05, 0) is 46.2 Å². The number of alkyl halides is 3. The summed E-state index contributed by atoms with van der Waals surface area (Å²) in [7, 11) is 0.